The number of carbonyl (C=O) groups excluding carboxylic acids is 1. The lowest BCUT2D eigenvalue weighted by Gasteiger charge is -2.30. The molecule has 158 valence electrons. The minimum Gasteiger partial charge on any atom is -0.365 e. The first kappa shape index (κ1) is 19.8. The molecular weight excluding hydrogens is 387 g/mol. The average Bonchev–Trinajstić information content (AvgIpc) is 3.27. The predicted octanol–water partition coefficient (Wildman–Crippen LogP) is 2.05. The Kier molecular flexibility index (Phi) is 5.57. The fourth-order valence-electron chi connectivity index (χ4n) is 3.66. The highest BCUT2D eigenvalue weighted by Crippen LogP contribution is 2.28. The van der Waals surface area contributed by atoms with Gasteiger partial charge in [0.1, 0.15) is 5.82 Å². The van der Waals surface area contributed by atoms with Crippen LogP contribution in [0.4, 0.5) is 27.4 Å². The summed E-state index contributed by atoms with van der Waals surface area (Å²) >= 11 is 0. The van der Waals surface area contributed by atoms with Gasteiger partial charge in [-0.1, -0.05) is 18.9 Å². The molecule has 1 aliphatic heterocycles. The molecular formula is C20H25FN8O. The largest absolute Gasteiger partial charge is 0.365 e. The number of anilines is 4. The fourth-order valence-corrected chi connectivity index (χ4v) is 3.66. The lowest BCUT2D eigenvalue weighted by atomic mass is 9.91. The van der Waals surface area contributed by atoms with E-state index in [1.165, 1.54) is 0 Å². The number of rotatable bonds is 6. The number of hydrazine groups is 2. The van der Waals surface area contributed by atoms with Crippen LogP contribution in [0.25, 0.3) is 0 Å². The van der Waals surface area contributed by atoms with E-state index in [1.54, 1.807) is 17.5 Å². The lowest BCUT2D eigenvalue weighted by molar-refractivity contribution is 0.100. The van der Waals surface area contributed by atoms with Crippen molar-refractivity contribution in [1.82, 2.24) is 15.8 Å². The van der Waals surface area contributed by atoms with Crippen LogP contribution in [-0.4, -0.2) is 23.0 Å². The van der Waals surface area contributed by atoms with Crippen LogP contribution in [-0.2, 0) is 0 Å². The van der Waals surface area contributed by atoms with Gasteiger partial charge in [-0.25, -0.2) is 9.37 Å². The zero-order chi connectivity index (χ0) is 21.1. The zero-order valence-corrected chi connectivity index (χ0v) is 16.4. The first-order chi connectivity index (χ1) is 14.5. The third kappa shape index (κ3) is 4.23. The number of hydrogen-bond donors (Lipinski definition) is 6. The quantitative estimate of drug-likeness (QED) is 0.425. The molecule has 1 aliphatic carbocycles. The molecule has 30 heavy (non-hydrogen) atoms. The van der Waals surface area contributed by atoms with Gasteiger partial charge in [0.25, 0.3) is 5.91 Å². The van der Waals surface area contributed by atoms with E-state index in [1.807, 2.05) is 24.3 Å². The monoisotopic (exact) mass is 412 g/mol. The molecule has 2 aliphatic rings. The topological polar surface area (TPSA) is 133 Å². The smallest absolute Gasteiger partial charge is 0.252 e. The van der Waals surface area contributed by atoms with E-state index in [2.05, 4.69) is 26.5 Å². The summed E-state index contributed by atoms with van der Waals surface area (Å²) in [6.45, 7) is 0. The molecule has 1 saturated carbocycles. The molecule has 10 heteroatoms. The van der Waals surface area contributed by atoms with E-state index in [0.29, 0.717) is 5.69 Å². The van der Waals surface area contributed by atoms with Crippen molar-refractivity contribution in [2.24, 2.45) is 11.5 Å². The number of hydrogen-bond acceptors (Lipinski definition) is 8. The van der Waals surface area contributed by atoms with Crippen LogP contribution in [0, 0.1) is 5.82 Å². The standard InChI is InChI=1S/C20H25FN8O/c21-15-11-14(18(23)30)19(28-20(15)27-17-7-2-1-6-16(17)22)26-12-4-3-5-13(10-12)29-24-8-9-25-29/h3-5,8-11,16-17,24-25H,1-2,6-7,22H2,(H2,23,30)(H2,26,27,28)/t16-,17+/m0/s1. The van der Waals surface area contributed by atoms with E-state index in [-0.39, 0.29) is 29.3 Å². The number of carbonyl (C=O) groups is 1. The normalized spacial score (nSPS) is 20.4. The zero-order valence-electron chi connectivity index (χ0n) is 16.4. The molecule has 0 spiro atoms. The average molecular weight is 412 g/mol. The second-order valence-corrected chi connectivity index (χ2v) is 7.38. The van der Waals surface area contributed by atoms with Gasteiger partial charge in [0.05, 0.1) is 11.3 Å². The summed E-state index contributed by atoms with van der Waals surface area (Å²) in [4.78, 5) is 16.2. The van der Waals surface area contributed by atoms with Crippen molar-refractivity contribution in [2.45, 2.75) is 37.8 Å². The Labute approximate surface area is 173 Å². The second kappa shape index (κ2) is 8.46. The highest BCUT2D eigenvalue weighted by molar-refractivity contribution is 5.98. The number of primary amides is 1. The number of amides is 1. The van der Waals surface area contributed by atoms with E-state index in [4.69, 9.17) is 11.5 Å². The summed E-state index contributed by atoms with van der Waals surface area (Å²) in [5, 5.41) is 7.89. The number of pyridine rings is 1. The first-order valence-electron chi connectivity index (χ1n) is 9.88. The molecule has 0 radical (unpaired) electrons. The molecule has 9 nitrogen and oxygen atoms in total. The summed E-state index contributed by atoms with van der Waals surface area (Å²) in [5.74, 6) is -1.19. The molecule has 0 saturated heterocycles. The van der Waals surface area contributed by atoms with E-state index in [0.717, 1.165) is 37.4 Å². The Morgan fingerprint density at radius 2 is 1.93 bits per heavy atom. The fraction of sp³-hybridized carbons (Fsp3) is 0.300. The highest BCUT2D eigenvalue weighted by atomic mass is 19.1. The van der Waals surface area contributed by atoms with Gasteiger partial charge in [0.2, 0.25) is 0 Å². The second-order valence-electron chi connectivity index (χ2n) is 7.38. The van der Waals surface area contributed by atoms with E-state index >= 15 is 0 Å². The Balaban J connectivity index is 1.61. The molecule has 1 amide bonds. The van der Waals surface area contributed by atoms with Gasteiger partial charge in [0, 0.05) is 30.2 Å². The molecule has 4 rings (SSSR count). The summed E-state index contributed by atoms with van der Waals surface area (Å²) in [5.41, 5.74) is 19.1. The van der Waals surface area contributed by atoms with Gasteiger partial charge < -0.3 is 22.1 Å². The van der Waals surface area contributed by atoms with Crippen LogP contribution in [0.1, 0.15) is 36.0 Å². The number of nitrogens with one attached hydrogen (secondary N) is 4. The highest BCUT2D eigenvalue weighted by Gasteiger charge is 2.24. The number of nitrogens with zero attached hydrogens (tertiary/aromatic N) is 2. The van der Waals surface area contributed by atoms with Crippen molar-refractivity contribution in [3.05, 3.63) is 54.1 Å². The van der Waals surface area contributed by atoms with Crippen LogP contribution in [0.15, 0.2) is 42.7 Å². The van der Waals surface area contributed by atoms with Crippen LogP contribution >= 0.6 is 0 Å². The Morgan fingerprint density at radius 3 is 2.67 bits per heavy atom. The molecule has 2 aromatic rings. The number of halogens is 1. The van der Waals surface area contributed by atoms with Crippen LogP contribution < -0.4 is 38.1 Å². The minimum atomic E-state index is -0.770. The van der Waals surface area contributed by atoms with Gasteiger partial charge in [-0.2, -0.15) is 5.12 Å². The summed E-state index contributed by atoms with van der Waals surface area (Å²) in [7, 11) is 0. The van der Waals surface area contributed by atoms with Crippen LogP contribution in [0.3, 0.4) is 0 Å². The van der Waals surface area contributed by atoms with Crippen molar-refractivity contribution < 1.29 is 9.18 Å². The van der Waals surface area contributed by atoms with Crippen LogP contribution in [0.2, 0.25) is 0 Å². The van der Waals surface area contributed by atoms with Gasteiger partial charge >= 0.3 is 0 Å². The molecule has 1 aromatic carbocycles. The minimum absolute atomic E-state index is 0.0320. The molecule has 1 aromatic heterocycles. The van der Waals surface area contributed by atoms with Crippen molar-refractivity contribution in [3.8, 4) is 0 Å². The van der Waals surface area contributed by atoms with E-state index in [9.17, 15) is 9.18 Å². The summed E-state index contributed by atoms with van der Waals surface area (Å²) < 4.78 is 14.6. The number of aromatic nitrogens is 1. The Morgan fingerprint density at radius 1 is 1.17 bits per heavy atom. The maximum atomic E-state index is 14.6. The molecule has 2 atom stereocenters. The third-order valence-corrected chi connectivity index (χ3v) is 5.24. The van der Waals surface area contributed by atoms with E-state index < -0.39 is 11.7 Å². The Bertz CT molecular complexity index is 958. The van der Waals surface area contributed by atoms with Crippen molar-refractivity contribution >= 4 is 28.9 Å². The lowest BCUT2D eigenvalue weighted by Crippen LogP contribution is -2.43. The number of nitrogens with two attached hydrogens (primary N) is 2. The van der Waals surface area contributed by atoms with Gasteiger partial charge in [-0.3, -0.25) is 15.6 Å². The van der Waals surface area contributed by atoms with Gasteiger partial charge in [-0.15, -0.1) is 0 Å². The third-order valence-electron chi connectivity index (χ3n) is 5.24. The number of benzene rings is 1. The maximum Gasteiger partial charge on any atom is 0.252 e. The molecule has 1 fully saturated rings. The molecule has 0 bridgehead atoms. The van der Waals surface area contributed by atoms with Crippen molar-refractivity contribution in [1.29, 1.82) is 0 Å². The van der Waals surface area contributed by atoms with Crippen LogP contribution in [0.5, 0.6) is 0 Å². The predicted molar refractivity (Wildman–Crippen MR) is 114 cm³/mol. The van der Waals surface area contributed by atoms with Gasteiger partial charge in [0.15, 0.2) is 11.6 Å². The molecule has 8 N–H and O–H groups in total. The first-order valence-corrected chi connectivity index (χ1v) is 9.88. The Hall–Kier alpha value is -3.53. The summed E-state index contributed by atoms with van der Waals surface area (Å²) in [6, 6.07) is 8.34. The maximum absolute atomic E-state index is 14.6. The van der Waals surface area contributed by atoms with Crippen molar-refractivity contribution in [3.63, 3.8) is 0 Å². The molecule has 0 unspecified atom stereocenters. The van der Waals surface area contributed by atoms with Gasteiger partial charge in [-0.05, 0) is 37.1 Å². The SMILES string of the molecule is NC(=O)c1cc(F)c(N[C@@H]2CCCC[C@@H]2N)nc1Nc1cccc(N2NC=CN2)c1. The molecule has 2 heterocycles. The van der Waals surface area contributed by atoms with Crippen molar-refractivity contribution in [2.75, 3.05) is 15.8 Å². The summed E-state index contributed by atoms with van der Waals surface area (Å²) in [6.07, 6.45) is 7.31.